The topological polar surface area (TPSA) is 51.2 Å². The van der Waals surface area contributed by atoms with Gasteiger partial charge in [0, 0.05) is 12.0 Å². The van der Waals surface area contributed by atoms with Gasteiger partial charge in [-0.1, -0.05) is 5.16 Å². The number of nitrogens with one attached hydrogen (secondary N) is 1. The van der Waals surface area contributed by atoms with E-state index < -0.39 is 0 Å². The van der Waals surface area contributed by atoms with Gasteiger partial charge >= 0.3 is 0 Å². The lowest BCUT2D eigenvalue weighted by Gasteiger charge is -1.97. The van der Waals surface area contributed by atoms with E-state index in [4.69, 9.17) is 8.94 Å². The number of furan rings is 1. The second-order valence-electron chi connectivity index (χ2n) is 4.18. The summed E-state index contributed by atoms with van der Waals surface area (Å²) >= 11 is 0. The second-order valence-corrected chi connectivity index (χ2v) is 4.18. The Hall–Kier alpha value is -1.55. The van der Waals surface area contributed by atoms with Gasteiger partial charge in [-0.15, -0.1) is 0 Å². The van der Waals surface area contributed by atoms with E-state index in [0.29, 0.717) is 19.0 Å². The fourth-order valence-corrected chi connectivity index (χ4v) is 1.71. The van der Waals surface area contributed by atoms with E-state index in [1.807, 2.05) is 18.2 Å². The Morgan fingerprint density at radius 1 is 1.31 bits per heavy atom. The van der Waals surface area contributed by atoms with Crippen LogP contribution < -0.4 is 5.32 Å². The molecule has 84 valence electrons. The maximum Gasteiger partial charge on any atom is 0.150 e. The Morgan fingerprint density at radius 3 is 2.94 bits per heavy atom. The number of hydrogen-bond acceptors (Lipinski definition) is 4. The molecule has 1 N–H and O–H groups in total. The molecule has 0 aromatic carbocycles. The van der Waals surface area contributed by atoms with Crippen molar-refractivity contribution in [3.05, 3.63) is 41.7 Å². The highest BCUT2D eigenvalue weighted by Gasteiger charge is 2.26. The van der Waals surface area contributed by atoms with Crippen LogP contribution in [0, 0.1) is 0 Å². The zero-order valence-electron chi connectivity index (χ0n) is 8.98. The predicted molar refractivity (Wildman–Crippen MR) is 57.7 cm³/mol. The van der Waals surface area contributed by atoms with E-state index >= 15 is 0 Å². The fourth-order valence-electron chi connectivity index (χ4n) is 1.71. The first kappa shape index (κ1) is 9.66. The van der Waals surface area contributed by atoms with Crippen molar-refractivity contribution < 1.29 is 8.94 Å². The lowest BCUT2D eigenvalue weighted by Crippen LogP contribution is -2.11. The van der Waals surface area contributed by atoms with E-state index in [1.165, 1.54) is 12.8 Å². The van der Waals surface area contributed by atoms with Gasteiger partial charge in [-0.05, 0) is 25.0 Å². The zero-order chi connectivity index (χ0) is 10.8. The van der Waals surface area contributed by atoms with Crippen LogP contribution in [-0.4, -0.2) is 5.16 Å². The molecule has 0 atom stereocenters. The lowest BCUT2D eigenvalue weighted by atomic mass is 10.3. The Bertz CT molecular complexity index is 443. The Kier molecular flexibility index (Phi) is 2.50. The van der Waals surface area contributed by atoms with E-state index in [9.17, 15) is 0 Å². The highest BCUT2D eigenvalue weighted by Crippen LogP contribution is 2.39. The number of rotatable bonds is 5. The van der Waals surface area contributed by atoms with Gasteiger partial charge in [-0.3, -0.25) is 0 Å². The normalized spacial score (nSPS) is 15.5. The Labute approximate surface area is 93.6 Å². The molecule has 0 bridgehead atoms. The van der Waals surface area contributed by atoms with Crippen molar-refractivity contribution in [1.82, 2.24) is 10.5 Å². The minimum absolute atomic E-state index is 0.655. The molecule has 4 heteroatoms. The average Bonchev–Trinajstić information content (AvgIpc) is 2.83. The van der Waals surface area contributed by atoms with Crippen LogP contribution in [0.4, 0.5) is 0 Å². The first-order valence-corrected chi connectivity index (χ1v) is 5.60. The van der Waals surface area contributed by atoms with Crippen molar-refractivity contribution in [3.63, 3.8) is 0 Å². The molecule has 1 aliphatic carbocycles. The van der Waals surface area contributed by atoms with Gasteiger partial charge in [0.05, 0.1) is 25.0 Å². The quantitative estimate of drug-likeness (QED) is 0.837. The monoisotopic (exact) mass is 218 g/mol. The van der Waals surface area contributed by atoms with Crippen molar-refractivity contribution >= 4 is 0 Å². The summed E-state index contributed by atoms with van der Waals surface area (Å²) in [6.45, 7) is 1.41. The standard InChI is InChI=1S/C12H14N2O2/c1-2-10(15-5-1)7-13-8-11-6-12(14-16-11)9-3-4-9/h1-2,5-6,9,13H,3-4,7-8H2. The summed E-state index contributed by atoms with van der Waals surface area (Å²) in [6.07, 6.45) is 4.19. The van der Waals surface area contributed by atoms with Crippen LogP contribution in [-0.2, 0) is 13.1 Å². The SMILES string of the molecule is c1coc(CNCc2cc(C3CC3)no2)c1. The summed E-state index contributed by atoms with van der Waals surface area (Å²) in [4.78, 5) is 0. The Morgan fingerprint density at radius 2 is 2.19 bits per heavy atom. The summed E-state index contributed by atoms with van der Waals surface area (Å²) in [5.41, 5.74) is 1.11. The molecule has 1 aliphatic rings. The molecule has 0 amide bonds. The van der Waals surface area contributed by atoms with E-state index in [-0.39, 0.29) is 0 Å². The molecular formula is C12H14N2O2. The van der Waals surface area contributed by atoms with Crippen molar-refractivity contribution in [2.24, 2.45) is 0 Å². The average molecular weight is 218 g/mol. The molecule has 1 fully saturated rings. The van der Waals surface area contributed by atoms with Gasteiger partial charge in [0.15, 0.2) is 5.76 Å². The molecule has 2 aromatic heterocycles. The van der Waals surface area contributed by atoms with Gasteiger partial charge in [-0.25, -0.2) is 0 Å². The second kappa shape index (κ2) is 4.14. The molecule has 0 radical (unpaired) electrons. The summed E-state index contributed by atoms with van der Waals surface area (Å²) < 4.78 is 10.5. The minimum atomic E-state index is 0.655. The first-order chi connectivity index (χ1) is 7.92. The van der Waals surface area contributed by atoms with Crippen LogP contribution >= 0.6 is 0 Å². The van der Waals surface area contributed by atoms with Crippen molar-refractivity contribution in [2.75, 3.05) is 0 Å². The third kappa shape index (κ3) is 2.17. The number of aromatic nitrogens is 1. The minimum Gasteiger partial charge on any atom is -0.468 e. The van der Waals surface area contributed by atoms with E-state index in [1.54, 1.807) is 6.26 Å². The molecule has 2 aromatic rings. The molecule has 4 nitrogen and oxygen atoms in total. The summed E-state index contributed by atoms with van der Waals surface area (Å²) in [6, 6.07) is 5.88. The summed E-state index contributed by atoms with van der Waals surface area (Å²) in [7, 11) is 0. The summed E-state index contributed by atoms with van der Waals surface area (Å²) in [5.74, 6) is 2.48. The molecule has 0 saturated heterocycles. The smallest absolute Gasteiger partial charge is 0.150 e. The van der Waals surface area contributed by atoms with Crippen LogP contribution in [0.15, 0.2) is 33.4 Å². The third-order valence-electron chi connectivity index (χ3n) is 2.75. The lowest BCUT2D eigenvalue weighted by molar-refractivity contribution is 0.364. The predicted octanol–water partition coefficient (Wildman–Crippen LogP) is 2.43. The van der Waals surface area contributed by atoms with Crippen LogP contribution in [0.1, 0.15) is 36.0 Å². The molecule has 2 heterocycles. The molecule has 0 aliphatic heterocycles. The molecule has 1 saturated carbocycles. The van der Waals surface area contributed by atoms with Crippen LogP contribution in [0.3, 0.4) is 0 Å². The highest BCUT2D eigenvalue weighted by atomic mass is 16.5. The molecular weight excluding hydrogens is 204 g/mol. The van der Waals surface area contributed by atoms with Crippen LogP contribution in [0.2, 0.25) is 0 Å². The van der Waals surface area contributed by atoms with Gasteiger partial charge in [0.2, 0.25) is 0 Å². The first-order valence-electron chi connectivity index (χ1n) is 5.60. The van der Waals surface area contributed by atoms with Gasteiger partial charge in [-0.2, -0.15) is 0 Å². The van der Waals surface area contributed by atoms with Crippen molar-refractivity contribution in [3.8, 4) is 0 Å². The fraction of sp³-hybridized carbons (Fsp3) is 0.417. The maximum absolute atomic E-state index is 5.24. The number of hydrogen-bond donors (Lipinski definition) is 1. The third-order valence-corrected chi connectivity index (χ3v) is 2.75. The molecule has 0 unspecified atom stereocenters. The van der Waals surface area contributed by atoms with Crippen molar-refractivity contribution in [2.45, 2.75) is 31.8 Å². The van der Waals surface area contributed by atoms with E-state index in [2.05, 4.69) is 10.5 Å². The van der Waals surface area contributed by atoms with Gasteiger partial charge < -0.3 is 14.3 Å². The van der Waals surface area contributed by atoms with Crippen molar-refractivity contribution in [1.29, 1.82) is 0 Å². The van der Waals surface area contributed by atoms with E-state index in [0.717, 1.165) is 17.2 Å². The van der Waals surface area contributed by atoms with Gasteiger partial charge in [0.25, 0.3) is 0 Å². The molecule has 16 heavy (non-hydrogen) atoms. The Balaban J connectivity index is 1.50. The largest absolute Gasteiger partial charge is 0.468 e. The number of nitrogens with zero attached hydrogens (tertiary/aromatic N) is 1. The van der Waals surface area contributed by atoms with Crippen LogP contribution in [0.5, 0.6) is 0 Å². The highest BCUT2D eigenvalue weighted by molar-refractivity contribution is 5.15. The molecule has 0 spiro atoms. The van der Waals surface area contributed by atoms with Crippen LogP contribution in [0.25, 0.3) is 0 Å². The molecule has 3 rings (SSSR count). The van der Waals surface area contributed by atoms with Gasteiger partial charge in [0.1, 0.15) is 5.76 Å². The summed E-state index contributed by atoms with van der Waals surface area (Å²) in [5, 5.41) is 7.30. The zero-order valence-corrected chi connectivity index (χ0v) is 8.98. The maximum atomic E-state index is 5.24.